The summed E-state index contributed by atoms with van der Waals surface area (Å²) in [5, 5.41) is 16.3. The number of nitrogens with one attached hydrogen (secondary N) is 2. The molecule has 0 spiro atoms. The third-order valence-corrected chi connectivity index (χ3v) is 4.52. The Hall–Kier alpha value is -1.80. The first-order valence-electron chi connectivity index (χ1n) is 8.79. The molecule has 1 aromatic rings. The van der Waals surface area contributed by atoms with Crippen molar-refractivity contribution in [1.82, 2.24) is 10.6 Å². The summed E-state index contributed by atoms with van der Waals surface area (Å²) in [4.78, 5) is 4.34. The van der Waals surface area contributed by atoms with E-state index in [2.05, 4.69) is 15.6 Å². The van der Waals surface area contributed by atoms with Gasteiger partial charge in [-0.3, -0.25) is 4.99 Å². The molecule has 0 radical (unpaired) electrons. The maximum atomic E-state index is 11.3. The molecule has 148 valence electrons. The molecule has 26 heavy (non-hydrogen) atoms. The minimum atomic E-state index is -2.99. The standard InChI is InChI=1S/C18H31N3O4S/c1-5-19-18(21-15(3)9-10-26(4,23)24)20-12-16(22)13-25-17-8-6-7-14(2)11-17/h6-8,11,15-16,22H,5,9-10,12-13H2,1-4H3,(H2,19,20,21). The van der Waals surface area contributed by atoms with Gasteiger partial charge in [0.1, 0.15) is 28.3 Å². The molecule has 2 unspecified atom stereocenters. The maximum Gasteiger partial charge on any atom is 0.191 e. The lowest BCUT2D eigenvalue weighted by molar-refractivity contribution is 0.114. The van der Waals surface area contributed by atoms with Crippen molar-refractivity contribution in [2.24, 2.45) is 4.99 Å². The van der Waals surface area contributed by atoms with Gasteiger partial charge in [-0.2, -0.15) is 0 Å². The first-order valence-corrected chi connectivity index (χ1v) is 10.9. The molecular weight excluding hydrogens is 354 g/mol. The molecule has 0 aliphatic rings. The second kappa shape index (κ2) is 11.0. The summed E-state index contributed by atoms with van der Waals surface area (Å²) in [7, 11) is -2.99. The Morgan fingerprint density at radius 1 is 1.38 bits per heavy atom. The highest BCUT2D eigenvalue weighted by Crippen LogP contribution is 2.12. The van der Waals surface area contributed by atoms with Gasteiger partial charge in [-0.25, -0.2) is 8.42 Å². The second-order valence-corrected chi connectivity index (χ2v) is 8.72. The molecule has 0 saturated heterocycles. The maximum absolute atomic E-state index is 11.3. The number of ether oxygens (including phenoxy) is 1. The Bertz CT molecular complexity index is 677. The van der Waals surface area contributed by atoms with E-state index in [-0.39, 0.29) is 24.9 Å². The number of benzene rings is 1. The number of rotatable bonds is 10. The average molecular weight is 386 g/mol. The van der Waals surface area contributed by atoms with E-state index in [1.165, 1.54) is 6.26 Å². The molecule has 3 N–H and O–H groups in total. The molecular formula is C18H31N3O4S. The van der Waals surface area contributed by atoms with Crippen LogP contribution < -0.4 is 15.4 Å². The van der Waals surface area contributed by atoms with Crippen LogP contribution in [0.2, 0.25) is 0 Å². The van der Waals surface area contributed by atoms with Crippen LogP contribution in [0, 0.1) is 6.92 Å². The Morgan fingerprint density at radius 3 is 2.73 bits per heavy atom. The van der Waals surface area contributed by atoms with Gasteiger partial charge in [0.2, 0.25) is 0 Å². The molecule has 2 atom stereocenters. The third kappa shape index (κ3) is 10.2. The van der Waals surface area contributed by atoms with Crippen molar-refractivity contribution in [3.05, 3.63) is 29.8 Å². The van der Waals surface area contributed by atoms with Crippen molar-refractivity contribution in [2.45, 2.75) is 39.3 Å². The van der Waals surface area contributed by atoms with Crippen molar-refractivity contribution < 1.29 is 18.3 Å². The zero-order chi connectivity index (χ0) is 19.6. The Kier molecular flexibility index (Phi) is 9.43. The summed E-state index contributed by atoms with van der Waals surface area (Å²) < 4.78 is 28.1. The molecule has 0 aliphatic carbocycles. The van der Waals surface area contributed by atoms with Gasteiger partial charge >= 0.3 is 0 Å². The zero-order valence-electron chi connectivity index (χ0n) is 16.0. The summed E-state index contributed by atoms with van der Waals surface area (Å²) in [5.41, 5.74) is 1.09. The highest BCUT2D eigenvalue weighted by Gasteiger charge is 2.10. The van der Waals surface area contributed by atoms with Gasteiger partial charge in [0.25, 0.3) is 0 Å². The lowest BCUT2D eigenvalue weighted by Crippen LogP contribution is -2.43. The monoisotopic (exact) mass is 385 g/mol. The fourth-order valence-corrected chi connectivity index (χ4v) is 2.95. The lowest BCUT2D eigenvalue weighted by Gasteiger charge is -2.18. The molecule has 0 heterocycles. The van der Waals surface area contributed by atoms with E-state index in [4.69, 9.17) is 4.74 Å². The number of aliphatic hydroxyl groups excluding tert-OH is 1. The fourth-order valence-electron chi connectivity index (χ4n) is 2.16. The molecule has 8 heteroatoms. The van der Waals surface area contributed by atoms with E-state index in [0.29, 0.717) is 24.7 Å². The van der Waals surface area contributed by atoms with Gasteiger partial charge < -0.3 is 20.5 Å². The summed E-state index contributed by atoms with van der Waals surface area (Å²) in [6.45, 7) is 6.81. The molecule has 7 nitrogen and oxygen atoms in total. The van der Waals surface area contributed by atoms with E-state index in [0.717, 1.165) is 5.56 Å². The fraction of sp³-hybridized carbons (Fsp3) is 0.611. The Morgan fingerprint density at radius 2 is 2.12 bits per heavy atom. The second-order valence-electron chi connectivity index (χ2n) is 6.46. The van der Waals surface area contributed by atoms with Gasteiger partial charge in [0, 0.05) is 18.8 Å². The molecule has 1 aromatic carbocycles. The third-order valence-electron chi connectivity index (χ3n) is 3.54. The van der Waals surface area contributed by atoms with Gasteiger partial charge in [-0.15, -0.1) is 0 Å². The molecule has 0 aliphatic heterocycles. The van der Waals surface area contributed by atoms with E-state index < -0.39 is 15.9 Å². The summed E-state index contributed by atoms with van der Waals surface area (Å²) >= 11 is 0. The van der Waals surface area contributed by atoms with Crippen LogP contribution in [0.5, 0.6) is 5.75 Å². The number of sulfone groups is 1. The lowest BCUT2D eigenvalue weighted by atomic mass is 10.2. The topological polar surface area (TPSA) is 100 Å². The van der Waals surface area contributed by atoms with E-state index in [1.54, 1.807) is 0 Å². The number of hydrogen-bond acceptors (Lipinski definition) is 5. The summed E-state index contributed by atoms with van der Waals surface area (Å²) in [6.07, 6.45) is 0.976. The van der Waals surface area contributed by atoms with Crippen LogP contribution in [-0.2, 0) is 9.84 Å². The first kappa shape index (κ1) is 22.2. The van der Waals surface area contributed by atoms with E-state index in [1.807, 2.05) is 45.0 Å². The Labute approximate surface area is 156 Å². The van der Waals surface area contributed by atoms with Gasteiger partial charge in [-0.05, 0) is 44.9 Å². The van der Waals surface area contributed by atoms with Crippen molar-refractivity contribution >= 4 is 15.8 Å². The highest BCUT2D eigenvalue weighted by atomic mass is 32.2. The normalized spacial score (nSPS) is 14.6. The number of aryl methyl sites for hydroxylation is 1. The summed E-state index contributed by atoms with van der Waals surface area (Å²) in [5.74, 6) is 1.38. The van der Waals surface area contributed by atoms with Crippen molar-refractivity contribution in [3.63, 3.8) is 0 Å². The largest absolute Gasteiger partial charge is 0.491 e. The van der Waals surface area contributed by atoms with Crippen LogP contribution in [0.15, 0.2) is 29.3 Å². The number of aliphatic hydroxyl groups is 1. The van der Waals surface area contributed by atoms with Gasteiger partial charge in [0.15, 0.2) is 5.96 Å². The van der Waals surface area contributed by atoms with Gasteiger partial charge in [-0.1, -0.05) is 12.1 Å². The van der Waals surface area contributed by atoms with Crippen LogP contribution in [0.3, 0.4) is 0 Å². The number of nitrogens with zero attached hydrogens (tertiary/aromatic N) is 1. The predicted molar refractivity (Wildman–Crippen MR) is 106 cm³/mol. The van der Waals surface area contributed by atoms with Crippen molar-refractivity contribution in [2.75, 3.05) is 31.7 Å². The number of hydrogen-bond donors (Lipinski definition) is 3. The average Bonchev–Trinajstić information content (AvgIpc) is 2.56. The van der Waals surface area contributed by atoms with Crippen LogP contribution in [0.1, 0.15) is 25.8 Å². The summed E-state index contributed by atoms with van der Waals surface area (Å²) in [6, 6.07) is 7.58. The van der Waals surface area contributed by atoms with E-state index >= 15 is 0 Å². The minimum Gasteiger partial charge on any atom is -0.491 e. The molecule has 0 aromatic heterocycles. The van der Waals surface area contributed by atoms with Crippen LogP contribution in [0.4, 0.5) is 0 Å². The van der Waals surface area contributed by atoms with Crippen molar-refractivity contribution in [3.8, 4) is 5.75 Å². The van der Waals surface area contributed by atoms with Gasteiger partial charge in [0.05, 0.1) is 12.3 Å². The number of guanidine groups is 1. The smallest absolute Gasteiger partial charge is 0.191 e. The zero-order valence-corrected chi connectivity index (χ0v) is 16.8. The number of aliphatic imine (C=N–C) groups is 1. The molecule has 0 bridgehead atoms. The van der Waals surface area contributed by atoms with Crippen LogP contribution in [-0.4, -0.2) is 63.3 Å². The van der Waals surface area contributed by atoms with E-state index in [9.17, 15) is 13.5 Å². The molecule has 0 fully saturated rings. The molecule has 1 rings (SSSR count). The SMILES string of the molecule is CCNC(=NCC(O)COc1cccc(C)c1)NC(C)CCS(C)(=O)=O. The predicted octanol–water partition coefficient (Wildman–Crippen LogP) is 1.11. The minimum absolute atomic E-state index is 0.0526. The molecule has 0 saturated carbocycles. The molecule has 0 amide bonds. The Balaban J connectivity index is 2.48. The van der Waals surface area contributed by atoms with Crippen LogP contribution >= 0.6 is 0 Å². The van der Waals surface area contributed by atoms with Crippen molar-refractivity contribution in [1.29, 1.82) is 0 Å². The quantitative estimate of drug-likeness (QED) is 0.412. The highest BCUT2D eigenvalue weighted by molar-refractivity contribution is 7.90. The first-order chi connectivity index (χ1) is 12.2. The van der Waals surface area contributed by atoms with Crippen LogP contribution in [0.25, 0.3) is 0 Å².